The van der Waals surface area contributed by atoms with Crippen LogP contribution in [0.4, 0.5) is 0 Å². The molecule has 196 valence electrons. The van der Waals surface area contributed by atoms with Gasteiger partial charge in [-0.25, -0.2) is 0 Å². The first-order valence-electron chi connectivity index (χ1n) is 12.5. The van der Waals surface area contributed by atoms with Crippen LogP contribution in [-0.4, -0.2) is 88.1 Å². The predicted octanol–water partition coefficient (Wildman–Crippen LogP) is 1.65. The first-order chi connectivity index (χ1) is 15.8. The van der Waals surface area contributed by atoms with Gasteiger partial charge in [-0.1, -0.05) is 71.6 Å². The maximum absolute atomic E-state index is 12.0. The van der Waals surface area contributed by atoms with Crippen LogP contribution in [0.5, 0.6) is 0 Å². The second-order valence-corrected chi connectivity index (χ2v) is 9.44. The quantitative estimate of drug-likeness (QED) is 0.147. The van der Waals surface area contributed by atoms with Gasteiger partial charge in [0.15, 0.2) is 6.29 Å². The monoisotopic (exact) mass is 478 g/mol. The zero-order valence-electron chi connectivity index (χ0n) is 20.3. The minimum absolute atomic E-state index is 0.256. The minimum atomic E-state index is -1.55. The van der Waals surface area contributed by atoms with E-state index in [2.05, 4.69) is 13.8 Å². The Morgan fingerprint density at radius 1 is 0.848 bits per heavy atom. The molecule has 0 aromatic rings. The van der Waals surface area contributed by atoms with Crippen molar-refractivity contribution in [2.75, 3.05) is 19.8 Å². The molecule has 1 aliphatic heterocycles. The van der Waals surface area contributed by atoms with E-state index in [9.17, 15) is 30.3 Å². The van der Waals surface area contributed by atoms with Gasteiger partial charge in [0, 0.05) is 6.42 Å². The van der Waals surface area contributed by atoms with Crippen molar-refractivity contribution in [3.05, 3.63) is 0 Å². The van der Waals surface area contributed by atoms with Crippen LogP contribution in [0.15, 0.2) is 0 Å². The number of ether oxygens (including phenoxy) is 3. The van der Waals surface area contributed by atoms with Crippen LogP contribution in [0.2, 0.25) is 0 Å². The molecule has 0 aromatic heterocycles. The van der Waals surface area contributed by atoms with Crippen LogP contribution in [0, 0.1) is 5.92 Å². The summed E-state index contributed by atoms with van der Waals surface area (Å²) in [6.45, 7) is 3.22. The summed E-state index contributed by atoms with van der Waals surface area (Å²) in [5, 5.41) is 48.1. The number of carbonyl (C=O) groups excluding carboxylic acids is 1. The lowest BCUT2D eigenvalue weighted by atomic mass is 9.99. The average Bonchev–Trinajstić information content (AvgIpc) is 2.79. The van der Waals surface area contributed by atoms with E-state index in [0.29, 0.717) is 0 Å². The first-order valence-corrected chi connectivity index (χ1v) is 12.5. The number of aliphatic hydroxyl groups excluding tert-OH is 5. The highest BCUT2D eigenvalue weighted by molar-refractivity contribution is 5.69. The number of hydrogen-bond acceptors (Lipinski definition) is 9. The molecule has 0 bridgehead atoms. The van der Waals surface area contributed by atoms with E-state index in [0.717, 1.165) is 25.2 Å². The maximum atomic E-state index is 12.0. The molecule has 1 heterocycles. The summed E-state index contributed by atoms with van der Waals surface area (Å²) in [5.74, 6) is 0.357. The number of hydrogen-bond donors (Lipinski definition) is 5. The van der Waals surface area contributed by atoms with Gasteiger partial charge in [0.05, 0.1) is 19.8 Å². The Balaban J connectivity index is 2.12. The third-order valence-electron chi connectivity index (χ3n) is 5.96. The highest BCUT2D eigenvalue weighted by atomic mass is 16.7. The standard InChI is InChI=1S/C24H46O9/c1-17(2)12-10-8-6-4-3-5-7-9-11-13-20(27)32-18(14-25)16-31-24-23(30)22(29)21(28)19(15-26)33-24/h17-19,21-26,28-30H,3-16H2,1-2H3. The van der Waals surface area contributed by atoms with E-state index >= 15 is 0 Å². The van der Waals surface area contributed by atoms with Gasteiger partial charge in [-0.15, -0.1) is 0 Å². The van der Waals surface area contributed by atoms with Gasteiger partial charge in [-0.3, -0.25) is 4.79 Å². The molecule has 6 unspecified atom stereocenters. The fourth-order valence-electron chi connectivity index (χ4n) is 3.84. The molecule has 0 saturated carbocycles. The Morgan fingerprint density at radius 3 is 1.97 bits per heavy atom. The minimum Gasteiger partial charge on any atom is -0.457 e. The summed E-state index contributed by atoms with van der Waals surface area (Å²) in [4.78, 5) is 12.0. The van der Waals surface area contributed by atoms with Gasteiger partial charge in [-0.05, 0) is 12.3 Å². The SMILES string of the molecule is CC(C)CCCCCCCCCCCC(=O)OC(CO)COC1OC(CO)C(O)C(O)C1O. The zero-order chi connectivity index (χ0) is 24.6. The van der Waals surface area contributed by atoms with Crippen molar-refractivity contribution in [3.63, 3.8) is 0 Å². The molecule has 1 rings (SSSR count). The number of aliphatic hydroxyl groups is 5. The highest BCUT2D eigenvalue weighted by Gasteiger charge is 2.44. The third-order valence-corrected chi connectivity index (χ3v) is 5.96. The van der Waals surface area contributed by atoms with E-state index in [-0.39, 0.29) is 13.0 Å². The van der Waals surface area contributed by atoms with Crippen LogP contribution in [0.1, 0.15) is 84.5 Å². The van der Waals surface area contributed by atoms with Crippen molar-refractivity contribution in [1.29, 1.82) is 0 Å². The molecule has 1 saturated heterocycles. The maximum Gasteiger partial charge on any atom is 0.306 e. The number of unbranched alkanes of at least 4 members (excludes halogenated alkanes) is 8. The molecule has 1 fully saturated rings. The van der Waals surface area contributed by atoms with E-state index in [1.54, 1.807) is 0 Å². The molecule has 33 heavy (non-hydrogen) atoms. The first kappa shape index (κ1) is 30.2. The summed E-state index contributed by atoms with van der Waals surface area (Å²) in [6.07, 6.45) is 3.99. The average molecular weight is 479 g/mol. The fraction of sp³-hybridized carbons (Fsp3) is 0.958. The van der Waals surface area contributed by atoms with Crippen LogP contribution in [0.3, 0.4) is 0 Å². The molecule has 0 aromatic carbocycles. The van der Waals surface area contributed by atoms with Gasteiger partial charge in [0.25, 0.3) is 0 Å². The van der Waals surface area contributed by atoms with Crippen molar-refractivity contribution >= 4 is 5.97 Å². The molecule has 0 spiro atoms. The van der Waals surface area contributed by atoms with Gasteiger partial charge >= 0.3 is 5.97 Å². The molecule has 9 heteroatoms. The summed E-state index contributed by atoms with van der Waals surface area (Å²) in [7, 11) is 0. The van der Waals surface area contributed by atoms with Crippen LogP contribution < -0.4 is 0 Å². The van der Waals surface area contributed by atoms with Gasteiger partial charge in [0.2, 0.25) is 0 Å². The van der Waals surface area contributed by atoms with Crippen molar-refractivity contribution in [3.8, 4) is 0 Å². The molecule has 1 aliphatic rings. The van der Waals surface area contributed by atoms with Crippen molar-refractivity contribution < 1.29 is 44.5 Å². The lowest BCUT2D eigenvalue weighted by Crippen LogP contribution is -2.59. The Labute approximate surface area is 198 Å². The molecular formula is C24H46O9. The third kappa shape index (κ3) is 12.5. The topological polar surface area (TPSA) is 146 Å². The second kappa shape index (κ2) is 17.6. The molecule has 0 radical (unpaired) electrons. The van der Waals surface area contributed by atoms with Gasteiger partial charge in [0.1, 0.15) is 30.5 Å². The number of esters is 1. The smallest absolute Gasteiger partial charge is 0.306 e. The molecule has 0 amide bonds. The van der Waals surface area contributed by atoms with E-state index < -0.39 is 56.0 Å². The van der Waals surface area contributed by atoms with E-state index in [4.69, 9.17) is 14.2 Å². The lowest BCUT2D eigenvalue weighted by molar-refractivity contribution is -0.305. The summed E-state index contributed by atoms with van der Waals surface area (Å²) in [6, 6.07) is 0. The van der Waals surface area contributed by atoms with Crippen molar-refractivity contribution in [2.24, 2.45) is 5.92 Å². The van der Waals surface area contributed by atoms with Crippen LogP contribution in [0.25, 0.3) is 0 Å². The molecule has 0 aliphatic carbocycles. The van der Waals surface area contributed by atoms with E-state index in [1.165, 1.54) is 44.9 Å². The molecule has 9 nitrogen and oxygen atoms in total. The zero-order valence-corrected chi connectivity index (χ0v) is 20.3. The summed E-state index contributed by atoms with van der Waals surface area (Å²) in [5.41, 5.74) is 0. The lowest BCUT2D eigenvalue weighted by Gasteiger charge is -2.39. The van der Waals surface area contributed by atoms with Crippen molar-refractivity contribution in [2.45, 2.75) is 121 Å². The van der Waals surface area contributed by atoms with Crippen LogP contribution in [-0.2, 0) is 19.0 Å². The Morgan fingerprint density at radius 2 is 1.42 bits per heavy atom. The summed E-state index contributed by atoms with van der Waals surface area (Å²) >= 11 is 0. The fourth-order valence-corrected chi connectivity index (χ4v) is 3.84. The molecule has 6 atom stereocenters. The highest BCUT2D eigenvalue weighted by Crippen LogP contribution is 2.22. The largest absolute Gasteiger partial charge is 0.457 e. The van der Waals surface area contributed by atoms with E-state index in [1.807, 2.05) is 0 Å². The van der Waals surface area contributed by atoms with Crippen molar-refractivity contribution in [1.82, 2.24) is 0 Å². The Kier molecular flexibility index (Phi) is 16.1. The predicted molar refractivity (Wildman–Crippen MR) is 122 cm³/mol. The molecular weight excluding hydrogens is 432 g/mol. The van der Waals surface area contributed by atoms with Crippen LogP contribution >= 0.6 is 0 Å². The number of carbonyl (C=O) groups is 1. The second-order valence-electron chi connectivity index (χ2n) is 9.44. The normalized spacial score (nSPS) is 26.5. The Bertz CT molecular complexity index is 500. The molecule has 5 N–H and O–H groups in total. The summed E-state index contributed by atoms with van der Waals surface area (Å²) < 4.78 is 15.8. The number of rotatable bonds is 18. The van der Waals surface area contributed by atoms with Gasteiger partial charge < -0.3 is 39.7 Å². The van der Waals surface area contributed by atoms with Gasteiger partial charge in [-0.2, -0.15) is 0 Å². The Hall–Kier alpha value is -0.810.